The lowest BCUT2D eigenvalue weighted by molar-refractivity contribution is -0.144. The third-order valence-electron chi connectivity index (χ3n) is 6.15. The molecule has 1 fully saturated rings. The molecule has 1 aliphatic rings. The average molecular weight is 507 g/mol. The number of rotatable bonds is 16. The predicted octanol–water partition coefficient (Wildman–Crippen LogP) is 3.89. The fourth-order valence-electron chi connectivity index (χ4n) is 4.01. The van der Waals surface area contributed by atoms with Crippen LogP contribution in [0.2, 0.25) is 0 Å². The summed E-state index contributed by atoms with van der Waals surface area (Å²) in [5.41, 5.74) is -0.676. The Bertz CT molecular complexity index is 453. The van der Waals surface area contributed by atoms with Gasteiger partial charge in [0.1, 0.15) is 11.7 Å². The van der Waals surface area contributed by atoms with Crippen molar-refractivity contribution in [1.82, 2.24) is 0 Å². The maximum absolute atomic E-state index is 9.49. The molecule has 0 spiro atoms. The van der Waals surface area contributed by atoms with E-state index in [1.807, 2.05) is 6.92 Å². The van der Waals surface area contributed by atoms with E-state index in [-0.39, 0.29) is 25.9 Å². The Morgan fingerprint density at radius 3 is 2.17 bits per heavy atom. The number of aliphatic hydroxyl groups excluding tert-OH is 2. The fourth-order valence-corrected chi connectivity index (χ4v) is 4.01. The van der Waals surface area contributed by atoms with Crippen LogP contribution in [-0.4, -0.2) is 101 Å². The van der Waals surface area contributed by atoms with E-state index >= 15 is 0 Å². The zero-order chi connectivity index (χ0) is 25.5. The van der Waals surface area contributed by atoms with Gasteiger partial charge in [-0.25, -0.2) is 0 Å². The predicted molar refractivity (Wildman–Crippen MR) is 137 cm³/mol. The van der Waals surface area contributed by atoms with Crippen LogP contribution in [0.25, 0.3) is 0 Å². The standard InChI is InChI=1S/C27H54O8/c1-3-4-5-6-7-8-9-10-11-12-13-26-22-31-17-19-35-27(2,24-33-21-25(29)20-28)23-32-15-14-30-16-18-34-26/h25-26,28-29H,3-24H2,1-2H3. The van der Waals surface area contributed by atoms with E-state index < -0.39 is 11.7 Å². The van der Waals surface area contributed by atoms with Crippen LogP contribution in [-0.2, 0) is 28.4 Å². The molecule has 8 nitrogen and oxygen atoms in total. The van der Waals surface area contributed by atoms with E-state index in [1.54, 1.807) is 0 Å². The van der Waals surface area contributed by atoms with Gasteiger partial charge in [-0.1, -0.05) is 71.1 Å². The van der Waals surface area contributed by atoms with Crippen molar-refractivity contribution < 1.29 is 38.6 Å². The maximum Gasteiger partial charge on any atom is 0.112 e. The lowest BCUT2D eigenvalue weighted by Gasteiger charge is -2.30. The fraction of sp³-hybridized carbons (Fsp3) is 1.00. The van der Waals surface area contributed by atoms with Gasteiger partial charge in [0, 0.05) is 0 Å². The first-order chi connectivity index (χ1) is 17.1. The van der Waals surface area contributed by atoms with Crippen molar-refractivity contribution in [1.29, 1.82) is 0 Å². The molecule has 0 aromatic heterocycles. The second-order valence-electron chi connectivity index (χ2n) is 9.85. The van der Waals surface area contributed by atoms with Crippen molar-refractivity contribution in [2.24, 2.45) is 0 Å². The first-order valence-corrected chi connectivity index (χ1v) is 13.9. The van der Waals surface area contributed by atoms with Gasteiger partial charge in [0.05, 0.1) is 78.8 Å². The van der Waals surface area contributed by atoms with Gasteiger partial charge in [0.25, 0.3) is 0 Å². The minimum Gasteiger partial charge on any atom is -0.394 e. The Labute approximate surface area is 213 Å². The van der Waals surface area contributed by atoms with Crippen LogP contribution < -0.4 is 0 Å². The zero-order valence-electron chi connectivity index (χ0n) is 22.6. The monoisotopic (exact) mass is 506 g/mol. The molecule has 1 saturated heterocycles. The summed E-state index contributed by atoms with van der Waals surface area (Å²) in [7, 11) is 0. The molecule has 210 valence electrons. The summed E-state index contributed by atoms with van der Waals surface area (Å²) in [6, 6.07) is 0. The highest BCUT2D eigenvalue weighted by Gasteiger charge is 2.27. The molecule has 3 atom stereocenters. The molecular formula is C27H54O8. The molecule has 1 aliphatic heterocycles. The van der Waals surface area contributed by atoms with Crippen molar-refractivity contribution in [2.75, 3.05) is 72.7 Å². The normalized spacial score (nSPS) is 24.5. The molecule has 0 aromatic carbocycles. The summed E-state index contributed by atoms with van der Waals surface area (Å²) in [6.45, 7) is 7.93. The SMILES string of the molecule is CCCCCCCCCCCCC1COCCOC(C)(COCC(O)CO)COCCOCCO1. The van der Waals surface area contributed by atoms with Crippen molar-refractivity contribution in [2.45, 2.75) is 102 Å². The smallest absolute Gasteiger partial charge is 0.112 e. The molecule has 1 rings (SSSR count). The number of hydrogen-bond donors (Lipinski definition) is 2. The first-order valence-electron chi connectivity index (χ1n) is 13.9. The van der Waals surface area contributed by atoms with Crippen molar-refractivity contribution in [3.8, 4) is 0 Å². The second-order valence-corrected chi connectivity index (χ2v) is 9.85. The van der Waals surface area contributed by atoms with E-state index in [4.69, 9.17) is 33.5 Å². The molecule has 0 aliphatic carbocycles. The summed E-state index contributed by atoms with van der Waals surface area (Å²) in [4.78, 5) is 0. The van der Waals surface area contributed by atoms with Crippen molar-refractivity contribution >= 4 is 0 Å². The van der Waals surface area contributed by atoms with Gasteiger partial charge < -0.3 is 38.6 Å². The van der Waals surface area contributed by atoms with Crippen molar-refractivity contribution in [3.63, 3.8) is 0 Å². The quantitative estimate of drug-likeness (QED) is 0.305. The third kappa shape index (κ3) is 19.5. The van der Waals surface area contributed by atoms with E-state index in [0.717, 1.165) is 12.8 Å². The maximum atomic E-state index is 9.49. The number of ether oxygens (including phenoxy) is 6. The number of hydrogen-bond acceptors (Lipinski definition) is 8. The van der Waals surface area contributed by atoms with Gasteiger partial charge in [0.15, 0.2) is 0 Å². The largest absolute Gasteiger partial charge is 0.394 e. The van der Waals surface area contributed by atoms with Gasteiger partial charge in [-0.3, -0.25) is 0 Å². The lowest BCUT2D eigenvalue weighted by atomic mass is 10.0. The number of unbranched alkanes of at least 4 members (excludes halogenated alkanes) is 9. The minimum atomic E-state index is -0.897. The average Bonchev–Trinajstić information content (AvgIpc) is 2.86. The highest BCUT2D eigenvalue weighted by Crippen LogP contribution is 2.15. The minimum absolute atomic E-state index is 0.0486. The Morgan fingerprint density at radius 2 is 1.46 bits per heavy atom. The summed E-state index contributed by atoms with van der Waals surface area (Å²) >= 11 is 0. The van der Waals surface area contributed by atoms with E-state index in [0.29, 0.717) is 52.9 Å². The summed E-state index contributed by atoms with van der Waals surface area (Å²) < 4.78 is 34.8. The molecule has 1 heterocycles. The van der Waals surface area contributed by atoms with Gasteiger partial charge in [0.2, 0.25) is 0 Å². The summed E-state index contributed by atoms with van der Waals surface area (Å²) in [5.74, 6) is 0. The molecule has 0 bridgehead atoms. The highest BCUT2D eigenvalue weighted by molar-refractivity contribution is 4.75. The summed E-state index contributed by atoms with van der Waals surface area (Å²) in [6.07, 6.45) is 13.4. The molecule has 35 heavy (non-hydrogen) atoms. The number of aliphatic hydroxyl groups is 2. The Hall–Kier alpha value is -0.320. The first kappa shape index (κ1) is 32.7. The molecule has 0 amide bonds. The Balaban J connectivity index is 2.29. The molecular weight excluding hydrogens is 452 g/mol. The van der Waals surface area contributed by atoms with Crippen LogP contribution in [0.1, 0.15) is 84.5 Å². The molecule has 3 unspecified atom stereocenters. The van der Waals surface area contributed by atoms with Crippen LogP contribution in [0.4, 0.5) is 0 Å². The van der Waals surface area contributed by atoms with Crippen LogP contribution in [0.15, 0.2) is 0 Å². The zero-order valence-corrected chi connectivity index (χ0v) is 22.6. The van der Waals surface area contributed by atoms with E-state index in [1.165, 1.54) is 57.8 Å². The van der Waals surface area contributed by atoms with E-state index in [2.05, 4.69) is 6.92 Å². The Morgan fingerprint density at radius 1 is 0.829 bits per heavy atom. The second kappa shape index (κ2) is 22.8. The van der Waals surface area contributed by atoms with Crippen molar-refractivity contribution in [3.05, 3.63) is 0 Å². The lowest BCUT2D eigenvalue weighted by Crippen LogP contribution is -2.42. The molecule has 0 aromatic rings. The van der Waals surface area contributed by atoms with Gasteiger partial charge in [-0.15, -0.1) is 0 Å². The van der Waals surface area contributed by atoms with Crippen LogP contribution in [0, 0.1) is 0 Å². The van der Waals surface area contributed by atoms with Crippen LogP contribution in [0.3, 0.4) is 0 Å². The van der Waals surface area contributed by atoms with Crippen LogP contribution in [0.5, 0.6) is 0 Å². The van der Waals surface area contributed by atoms with Gasteiger partial charge >= 0.3 is 0 Å². The van der Waals surface area contributed by atoms with Gasteiger partial charge in [-0.05, 0) is 13.3 Å². The highest BCUT2D eigenvalue weighted by atomic mass is 16.6. The molecule has 2 N–H and O–H groups in total. The molecule has 0 saturated carbocycles. The third-order valence-corrected chi connectivity index (χ3v) is 6.15. The molecule has 8 heteroatoms. The van der Waals surface area contributed by atoms with Gasteiger partial charge in [-0.2, -0.15) is 0 Å². The van der Waals surface area contributed by atoms with Crippen LogP contribution >= 0.6 is 0 Å². The topological polar surface area (TPSA) is 95.8 Å². The Kier molecular flexibility index (Phi) is 21.3. The summed E-state index contributed by atoms with van der Waals surface area (Å²) in [5, 5.41) is 18.4. The molecule has 0 radical (unpaired) electrons. The van der Waals surface area contributed by atoms with E-state index in [9.17, 15) is 5.11 Å².